The number of aryl methyl sites for hydroxylation is 1. The van der Waals surface area contributed by atoms with Gasteiger partial charge in [0.05, 0.1) is 6.54 Å². The van der Waals surface area contributed by atoms with Crippen LogP contribution in [0.4, 0.5) is 0 Å². The fraction of sp³-hybridized carbons (Fsp3) is 0.364. The summed E-state index contributed by atoms with van der Waals surface area (Å²) >= 11 is 1.75. The molecule has 5 heteroatoms. The van der Waals surface area contributed by atoms with Gasteiger partial charge in [0.15, 0.2) is 5.96 Å². The average Bonchev–Trinajstić information content (AvgIpc) is 2.58. The molecular weight excluding hydrogens is 333 g/mol. The van der Waals surface area contributed by atoms with Crippen LogP contribution in [0.25, 0.3) is 0 Å². The molecule has 3 nitrogen and oxygen atoms in total. The summed E-state index contributed by atoms with van der Waals surface area (Å²) in [6.45, 7) is 9.13. The van der Waals surface area contributed by atoms with Gasteiger partial charge in [-0.2, -0.15) is 0 Å². The molecule has 0 amide bonds. The van der Waals surface area contributed by atoms with E-state index >= 15 is 0 Å². The lowest BCUT2D eigenvalue weighted by Gasteiger charge is -2.03. The molecule has 1 aromatic rings. The number of nitrogens with two attached hydrogens (primary N) is 1. The maximum atomic E-state index is 5.68. The van der Waals surface area contributed by atoms with Gasteiger partial charge in [-0.15, -0.1) is 35.3 Å². The topological polar surface area (TPSA) is 50.4 Å². The normalized spacial score (nSPS) is 10.8. The van der Waals surface area contributed by atoms with Crippen molar-refractivity contribution in [1.82, 2.24) is 5.32 Å². The monoisotopic (exact) mass is 351 g/mol. The van der Waals surface area contributed by atoms with Crippen LogP contribution in [0.3, 0.4) is 0 Å². The van der Waals surface area contributed by atoms with Crippen molar-refractivity contribution in [2.75, 3.05) is 6.54 Å². The molecule has 0 radical (unpaired) electrons. The van der Waals surface area contributed by atoms with E-state index in [9.17, 15) is 0 Å². The van der Waals surface area contributed by atoms with Gasteiger partial charge in [-0.1, -0.05) is 12.2 Å². The molecule has 0 aliphatic heterocycles. The Morgan fingerprint density at radius 2 is 2.25 bits per heavy atom. The number of hydrogen-bond donors (Lipinski definition) is 2. The van der Waals surface area contributed by atoms with E-state index in [1.54, 1.807) is 11.3 Å². The first kappa shape index (κ1) is 15.4. The minimum Gasteiger partial charge on any atom is -0.370 e. The van der Waals surface area contributed by atoms with Gasteiger partial charge in [-0.05, 0) is 26.0 Å². The number of halogens is 1. The second kappa shape index (κ2) is 7.67. The third-order valence-electron chi connectivity index (χ3n) is 1.77. The molecule has 1 aromatic heterocycles. The summed E-state index contributed by atoms with van der Waals surface area (Å²) in [6.07, 6.45) is 0. The van der Waals surface area contributed by atoms with Crippen molar-refractivity contribution in [2.45, 2.75) is 20.4 Å². The lowest BCUT2D eigenvalue weighted by molar-refractivity contribution is 0.945. The highest BCUT2D eigenvalue weighted by Crippen LogP contribution is 2.15. The van der Waals surface area contributed by atoms with Crippen molar-refractivity contribution in [3.05, 3.63) is 34.0 Å². The highest BCUT2D eigenvalue weighted by molar-refractivity contribution is 14.0. The summed E-state index contributed by atoms with van der Waals surface area (Å²) in [4.78, 5) is 6.76. The van der Waals surface area contributed by atoms with Crippen LogP contribution in [0.1, 0.15) is 16.7 Å². The minimum atomic E-state index is 0. The number of hydrogen-bond acceptors (Lipinski definition) is 2. The van der Waals surface area contributed by atoms with Gasteiger partial charge in [-0.25, -0.2) is 4.99 Å². The van der Waals surface area contributed by atoms with Crippen molar-refractivity contribution in [2.24, 2.45) is 10.7 Å². The van der Waals surface area contributed by atoms with Gasteiger partial charge in [0.2, 0.25) is 0 Å². The first-order valence-corrected chi connectivity index (χ1v) is 5.63. The number of aliphatic imine (C=N–C) groups is 1. The molecule has 1 rings (SSSR count). The van der Waals surface area contributed by atoms with Crippen molar-refractivity contribution in [3.63, 3.8) is 0 Å². The van der Waals surface area contributed by atoms with E-state index in [1.807, 2.05) is 6.92 Å². The third kappa shape index (κ3) is 6.12. The van der Waals surface area contributed by atoms with E-state index in [2.05, 4.69) is 35.9 Å². The molecule has 0 fully saturated rings. The smallest absolute Gasteiger partial charge is 0.189 e. The fourth-order valence-corrected chi connectivity index (χ4v) is 1.85. The molecule has 0 spiro atoms. The molecule has 0 saturated carbocycles. The Morgan fingerprint density at radius 1 is 1.56 bits per heavy atom. The molecule has 0 aliphatic carbocycles. The average molecular weight is 351 g/mol. The van der Waals surface area contributed by atoms with E-state index in [-0.39, 0.29) is 24.0 Å². The SMILES string of the molecule is C=C(C)CNC(N)=NCc1ccc(C)s1.I. The van der Waals surface area contributed by atoms with Gasteiger partial charge in [0, 0.05) is 16.3 Å². The molecule has 3 N–H and O–H groups in total. The number of rotatable bonds is 4. The van der Waals surface area contributed by atoms with Crippen molar-refractivity contribution < 1.29 is 0 Å². The van der Waals surface area contributed by atoms with Crippen molar-refractivity contribution in [3.8, 4) is 0 Å². The molecule has 90 valence electrons. The molecule has 0 saturated heterocycles. The molecule has 0 aliphatic rings. The summed E-state index contributed by atoms with van der Waals surface area (Å²) in [7, 11) is 0. The van der Waals surface area contributed by atoms with Crippen LogP contribution >= 0.6 is 35.3 Å². The van der Waals surface area contributed by atoms with Gasteiger partial charge in [-0.3, -0.25) is 0 Å². The van der Waals surface area contributed by atoms with E-state index in [4.69, 9.17) is 5.73 Å². The lowest BCUT2D eigenvalue weighted by Crippen LogP contribution is -2.32. The predicted octanol–water partition coefficient (Wildman–Crippen LogP) is 2.65. The second-order valence-corrected chi connectivity index (χ2v) is 4.90. The van der Waals surface area contributed by atoms with Gasteiger partial charge < -0.3 is 11.1 Å². The predicted molar refractivity (Wildman–Crippen MR) is 82.6 cm³/mol. The van der Waals surface area contributed by atoms with E-state index in [1.165, 1.54) is 9.75 Å². The Bertz CT molecular complexity index is 371. The quantitative estimate of drug-likeness (QED) is 0.379. The third-order valence-corrected chi connectivity index (χ3v) is 2.76. The summed E-state index contributed by atoms with van der Waals surface area (Å²) < 4.78 is 0. The molecule has 0 aromatic carbocycles. The summed E-state index contributed by atoms with van der Waals surface area (Å²) in [6, 6.07) is 4.17. The van der Waals surface area contributed by atoms with Crippen LogP contribution in [0.15, 0.2) is 29.3 Å². The number of guanidine groups is 1. The van der Waals surface area contributed by atoms with Crippen LogP contribution in [-0.2, 0) is 6.54 Å². The zero-order valence-electron chi connectivity index (χ0n) is 9.62. The highest BCUT2D eigenvalue weighted by Gasteiger charge is 1.96. The Labute approximate surface area is 118 Å². The summed E-state index contributed by atoms with van der Waals surface area (Å²) in [5.41, 5.74) is 6.72. The van der Waals surface area contributed by atoms with Crippen molar-refractivity contribution in [1.29, 1.82) is 0 Å². The first-order chi connectivity index (χ1) is 7.08. The Balaban J connectivity index is 0.00000225. The maximum Gasteiger partial charge on any atom is 0.189 e. The largest absolute Gasteiger partial charge is 0.370 e. The highest BCUT2D eigenvalue weighted by atomic mass is 127. The molecule has 0 unspecified atom stereocenters. The first-order valence-electron chi connectivity index (χ1n) is 4.81. The van der Waals surface area contributed by atoms with Crippen LogP contribution in [0, 0.1) is 6.92 Å². The molecule has 1 heterocycles. The summed E-state index contributed by atoms with van der Waals surface area (Å²) in [5.74, 6) is 0.476. The van der Waals surface area contributed by atoms with Crippen LogP contribution in [0.2, 0.25) is 0 Å². The summed E-state index contributed by atoms with van der Waals surface area (Å²) in [5, 5.41) is 2.99. The van der Waals surface area contributed by atoms with Gasteiger partial charge >= 0.3 is 0 Å². The lowest BCUT2D eigenvalue weighted by atomic mass is 10.3. The van der Waals surface area contributed by atoms with E-state index < -0.39 is 0 Å². The number of nitrogens with one attached hydrogen (secondary N) is 1. The van der Waals surface area contributed by atoms with Crippen LogP contribution in [0.5, 0.6) is 0 Å². The van der Waals surface area contributed by atoms with E-state index in [0.717, 1.165) is 5.57 Å². The number of thiophene rings is 1. The Morgan fingerprint density at radius 3 is 2.75 bits per heavy atom. The Hall–Kier alpha value is -0.560. The zero-order valence-corrected chi connectivity index (χ0v) is 12.8. The molecule has 16 heavy (non-hydrogen) atoms. The minimum absolute atomic E-state index is 0. The maximum absolute atomic E-state index is 5.68. The fourth-order valence-electron chi connectivity index (χ4n) is 1.03. The Kier molecular flexibility index (Phi) is 7.40. The standard InChI is InChI=1S/C11H17N3S.HI/c1-8(2)6-13-11(12)14-7-10-5-4-9(3)15-10;/h4-5H,1,6-7H2,2-3H3,(H3,12,13,14);1H. The van der Waals surface area contributed by atoms with Crippen LogP contribution in [-0.4, -0.2) is 12.5 Å². The van der Waals surface area contributed by atoms with Gasteiger partial charge in [0.25, 0.3) is 0 Å². The molecule has 0 atom stereocenters. The number of nitrogens with zero attached hydrogens (tertiary/aromatic N) is 1. The van der Waals surface area contributed by atoms with Crippen molar-refractivity contribution >= 4 is 41.3 Å². The second-order valence-electron chi connectivity index (χ2n) is 3.52. The van der Waals surface area contributed by atoms with E-state index in [0.29, 0.717) is 19.0 Å². The molecular formula is C11H18IN3S. The van der Waals surface area contributed by atoms with Gasteiger partial charge in [0.1, 0.15) is 0 Å². The zero-order chi connectivity index (χ0) is 11.3. The van der Waals surface area contributed by atoms with Crippen LogP contribution < -0.4 is 11.1 Å². The molecule has 0 bridgehead atoms.